The third-order valence-corrected chi connectivity index (χ3v) is 2.77. The van der Waals surface area contributed by atoms with Gasteiger partial charge in [-0.05, 0) is 19.5 Å². The van der Waals surface area contributed by atoms with Gasteiger partial charge in [-0.2, -0.15) is 10.1 Å². The zero-order valence-corrected chi connectivity index (χ0v) is 11.1. The molecule has 98 valence electrons. The average molecular weight is 249 g/mol. The molecule has 0 spiro atoms. The molecular formula is C12H19N5O. The van der Waals surface area contributed by atoms with Gasteiger partial charge in [0.25, 0.3) is 5.78 Å². The first-order valence-electron chi connectivity index (χ1n) is 6.13. The topological polar surface area (TPSA) is 64.3 Å². The third kappa shape index (κ3) is 2.83. The molecule has 0 bridgehead atoms. The Hall–Kier alpha value is -1.53. The molecule has 18 heavy (non-hydrogen) atoms. The normalized spacial score (nSPS) is 13.1. The van der Waals surface area contributed by atoms with Gasteiger partial charge >= 0.3 is 0 Å². The lowest BCUT2D eigenvalue weighted by molar-refractivity contribution is 0.166. The van der Waals surface area contributed by atoms with Gasteiger partial charge in [0.05, 0.1) is 6.61 Å². The highest BCUT2D eigenvalue weighted by Crippen LogP contribution is 2.07. The summed E-state index contributed by atoms with van der Waals surface area (Å²) < 4.78 is 7.01. The van der Waals surface area contributed by atoms with Crippen LogP contribution in [-0.4, -0.2) is 45.9 Å². The van der Waals surface area contributed by atoms with E-state index in [0.717, 1.165) is 24.4 Å². The summed E-state index contributed by atoms with van der Waals surface area (Å²) in [7, 11) is 1.72. The molecule has 1 unspecified atom stereocenters. The van der Waals surface area contributed by atoms with Crippen molar-refractivity contribution in [2.45, 2.75) is 26.3 Å². The largest absolute Gasteiger partial charge is 0.383 e. The number of hydrogen-bond donors (Lipinski definition) is 1. The Labute approximate surface area is 106 Å². The van der Waals surface area contributed by atoms with E-state index in [1.807, 2.05) is 13.0 Å². The van der Waals surface area contributed by atoms with Crippen LogP contribution < -0.4 is 5.32 Å². The van der Waals surface area contributed by atoms with Crippen molar-refractivity contribution in [1.82, 2.24) is 24.9 Å². The molecule has 0 aromatic carbocycles. The van der Waals surface area contributed by atoms with Crippen LogP contribution in [0.15, 0.2) is 12.4 Å². The van der Waals surface area contributed by atoms with Crippen LogP contribution in [0.1, 0.15) is 18.3 Å². The van der Waals surface area contributed by atoms with Crippen LogP contribution in [0.4, 0.5) is 0 Å². The molecular weight excluding hydrogens is 230 g/mol. The summed E-state index contributed by atoms with van der Waals surface area (Å²) in [6.45, 7) is 5.65. The number of rotatable bonds is 6. The summed E-state index contributed by atoms with van der Waals surface area (Å²) in [4.78, 5) is 8.46. The highest BCUT2D eigenvalue weighted by Gasteiger charge is 2.12. The number of likely N-dealkylation sites (N-methyl/N-ethyl adjacent to an activating group) is 1. The van der Waals surface area contributed by atoms with Crippen molar-refractivity contribution >= 4 is 5.78 Å². The highest BCUT2D eigenvalue weighted by atomic mass is 16.5. The molecule has 2 rings (SSSR count). The molecule has 2 heterocycles. The Kier molecular flexibility index (Phi) is 4.22. The zero-order chi connectivity index (χ0) is 13.0. The number of nitrogens with one attached hydrogen (secondary N) is 1. The fraction of sp³-hybridized carbons (Fsp3) is 0.583. The number of fused-ring (bicyclic) bond motifs is 1. The van der Waals surface area contributed by atoms with Gasteiger partial charge in [-0.3, -0.25) is 0 Å². The number of methoxy groups -OCH3 is 1. The van der Waals surface area contributed by atoms with Crippen molar-refractivity contribution in [2.24, 2.45) is 0 Å². The highest BCUT2D eigenvalue weighted by molar-refractivity contribution is 5.30. The SMILES string of the molecule is CCNC(COC)Cc1cc(C)nc2ncnn12. The molecule has 1 N–H and O–H groups in total. The number of nitrogens with zero attached hydrogens (tertiary/aromatic N) is 4. The van der Waals surface area contributed by atoms with Gasteiger partial charge in [0.2, 0.25) is 0 Å². The van der Waals surface area contributed by atoms with Gasteiger partial charge in [0.15, 0.2) is 0 Å². The number of aromatic nitrogens is 4. The fourth-order valence-electron chi connectivity index (χ4n) is 2.08. The van der Waals surface area contributed by atoms with E-state index in [4.69, 9.17) is 4.74 Å². The van der Waals surface area contributed by atoms with Crippen LogP contribution in [-0.2, 0) is 11.2 Å². The molecule has 0 radical (unpaired) electrons. The number of aryl methyl sites for hydroxylation is 1. The lowest BCUT2D eigenvalue weighted by atomic mass is 10.1. The van der Waals surface area contributed by atoms with Crippen LogP contribution in [0, 0.1) is 6.92 Å². The summed E-state index contributed by atoms with van der Waals surface area (Å²) in [6.07, 6.45) is 2.37. The Bertz CT molecular complexity index is 504. The quantitative estimate of drug-likeness (QED) is 0.812. The molecule has 0 aliphatic carbocycles. The second-order valence-corrected chi connectivity index (χ2v) is 4.27. The Morgan fingerprint density at radius 3 is 3.06 bits per heavy atom. The maximum absolute atomic E-state index is 5.23. The smallest absolute Gasteiger partial charge is 0.252 e. The second-order valence-electron chi connectivity index (χ2n) is 4.27. The van der Waals surface area contributed by atoms with Crippen molar-refractivity contribution in [2.75, 3.05) is 20.3 Å². The van der Waals surface area contributed by atoms with Crippen molar-refractivity contribution in [3.8, 4) is 0 Å². The second kappa shape index (κ2) is 5.88. The number of hydrogen-bond acceptors (Lipinski definition) is 5. The van der Waals surface area contributed by atoms with Gasteiger partial charge in [0.1, 0.15) is 6.33 Å². The fourth-order valence-corrected chi connectivity index (χ4v) is 2.08. The van der Waals surface area contributed by atoms with Crippen molar-refractivity contribution in [3.63, 3.8) is 0 Å². The van der Waals surface area contributed by atoms with E-state index >= 15 is 0 Å². The molecule has 0 amide bonds. The van der Waals surface area contributed by atoms with Crippen LogP contribution in [0.5, 0.6) is 0 Å². The molecule has 6 heteroatoms. The van der Waals surface area contributed by atoms with Crippen LogP contribution in [0.3, 0.4) is 0 Å². The van der Waals surface area contributed by atoms with Gasteiger partial charge in [0, 0.05) is 31.0 Å². The maximum atomic E-state index is 5.23. The minimum absolute atomic E-state index is 0.272. The minimum atomic E-state index is 0.272. The van der Waals surface area contributed by atoms with Crippen molar-refractivity contribution in [1.29, 1.82) is 0 Å². The van der Waals surface area contributed by atoms with Crippen molar-refractivity contribution in [3.05, 3.63) is 23.8 Å². The van der Waals surface area contributed by atoms with Gasteiger partial charge in [-0.1, -0.05) is 6.92 Å². The van der Waals surface area contributed by atoms with E-state index in [9.17, 15) is 0 Å². The molecule has 0 saturated carbocycles. The summed E-state index contributed by atoms with van der Waals surface area (Å²) in [5.41, 5.74) is 2.05. The van der Waals surface area contributed by atoms with Gasteiger partial charge in [-0.25, -0.2) is 9.50 Å². The average Bonchev–Trinajstić information content (AvgIpc) is 2.77. The first kappa shape index (κ1) is 12.9. The van der Waals surface area contributed by atoms with Crippen LogP contribution in [0.25, 0.3) is 5.78 Å². The monoisotopic (exact) mass is 249 g/mol. The third-order valence-electron chi connectivity index (χ3n) is 2.77. The number of ether oxygens (including phenoxy) is 1. The Balaban J connectivity index is 2.26. The van der Waals surface area contributed by atoms with E-state index in [1.54, 1.807) is 11.6 Å². The van der Waals surface area contributed by atoms with E-state index in [-0.39, 0.29) is 6.04 Å². The molecule has 2 aromatic rings. The van der Waals surface area contributed by atoms with E-state index < -0.39 is 0 Å². The Morgan fingerprint density at radius 2 is 2.33 bits per heavy atom. The van der Waals surface area contributed by atoms with Gasteiger partial charge < -0.3 is 10.1 Å². The molecule has 6 nitrogen and oxygen atoms in total. The lowest BCUT2D eigenvalue weighted by Gasteiger charge is -2.17. The molecule has 2 aromatic heterocycles. The van der Waals surface area contributed by atoms with Gasteiger partial charge in [-0.15, -0.1) is 0 Å². The Morgan fingerprint density at radius 1 is 1.50 bits per heavy atom. The summed E-state index contributed by atoms with van der Waals surface area (Å²) in [5, 5.41) is 7.61. The molecule has 0 fully saturated rings. The van der Waals surface area contributed by atoms with E-state index in [0.29, 0.717) is 12.4 Å². The molecule has 0 saturated heterocycles. The standard InChI is InChI=1S/C12H19N5O/c1-4-13-10(7-18-3)6-11-5-9(2)16-12-14-8-15-17(11)12/h5,8,10,13H,4,6-7H2,1-3H3. The minimum Gasteiger partial charge on any atom is -0.383 e. The summed E-state index contributed by atoms with van der Waals surface area (Å²) in [5.74, 6) is 0.651. The molecule has 0 aliphatic rings. The summed E-state index contributed by atoms with van der Waals surface area (Å²) in [6, 6.07) is 2.32. The maximum Gasteiger partial charge on any atom is 0.252 e. The molecule has 1 atom stereocenters. The summed E-state index contributed by atoms with van der Waals surface area (Å²) >= 11 is 0. The lowest BCUT2D eigenvalue weighted by Crippen LogP contribution is -2.35. The first-order chi connectivity index (χ1) is 8.74. The molecule has 0 aliphatic heterocycles. The predicted molar refractivity (Wildman–Crippen MR) is 68.6 cm³/mol. The van der Waals surface area contributed by atoms with Crippen molar-refractivity contribution < 1.29 is 4.74 Å². The van der Waals surface area contributed by atoms with Crippen LogP contribution in [0.2, 0.25) is 0 Å². The predicted octanol–water partition coefficient (Wildman–Crippen LogP) is 0.600. The van der Waals surface area contributed by atoms with E-state index in [1.165, 1.54) is 6.33 Å². The van der Waals surface area contributed by atoms with Crippen LogP contribution >= 0.6 is 0 Å². The van der Waals surface area contributed by atoms with E-state index in [2.05, 4.69) is 27.3 Å². The zero-order valence-electron chi connectivity index (χ0n) is 11.1. The first-order valence-corrected chi connectivity index (χ1v) is 6.13.